The van der Waals surface area contributed by atoms with Crippen molar-refractivity contribution in [1.82, 2.24) is 0 Å². The van der Waals surface area contributed by atoms with E-state index in [0.29, 0.717) is 5.69 Å². The molecule has 17 heavy (non-hydrogen) atoms. The maximum atomic E-state index is 11.5. The van der Waals surface area contributed by atoms with E-state index in [1.54, 1.807) is 12.1 Å². The number of aliphatic carboxylic acids is 1. The molecule has 0 heterocycles. The van der Waals surface area contributed by atoms with Crippen LogP contribution in [0, 0.1) is 6.92 Å². The van der Waals surface area contributed by atoms with Crippen molar-refractivity contribution in [2.75, 3.05) is 5.32 Å². The molecule has 1 rings (SSSR count). The second-order valence-electron chi connectivity index (χ2n) is 3.90. The van der Waals surface area contributed by atoms with Crippen molar-refractivity contribution in [3.8, 4) is 0 Å². The Morgan fingerprint density at radius 3 is 2.47 bits per heavy atom. The number of carbonyl (C=O) groups is 2. The number of aryl methyl sites for hydroxylation is 1. The molecule has 0 radical (unpaired) electrons. The molecule has 1 atom stereocenters. The number of rotatable bonds is 5. The van der Waals surface area contributed by atoms with Gasteiger partial charge in [-0.15, -0.1) is 0 Å². The first kappa shape index (κ1) is 13.2. The number of benzene rings is 1. The lowest BCUT2D eigenvalue weighted by molar-refractivity contribution is -0.138. The standard InChI is InChI=1S/C12H16N2O3/c1-8-2-4-9(5-3-8)14-11(15)7-6-10(13)12(16)17/h2-5,10H,6-7,13H2,1H3,(H,14,15)(H,16,17)/t10-/m0/s1. The molecule has 0 spiro atoms. The number of amides is 1. The largest absolute Gasteiger partial charge is 0.480 e. The number of hydrogen-bond acceptors (Lipinski definition) is 3. The van der Waals surface area contributed by atoms with Gasteiger partial charge in [-0.25, -0.2) is 0 Å². The zero-order chi connectivity index (χ0) is 12.8. The van der Waals surface area contributed by atoms with Gasteiger partial charge in [-0.3, -0.25) is 9.59 Å². The van der Waals surface area contributed by atoms with Crippen LogP contribution in [0.25, 0.3) is 0 Å². The van der Waals surface area contributed by atoms with Crippen LogP contribution in [-0.4, -0.2) is 23.0 Å². The van der Waals surface area contributed by atoms with Gasteiger partial charge in [0.05, 0.1) is 0 Å². The summed E-state index contributed by atoms with van der Waals surface area (Å²) < 4.78 is 0. The summed E-state index contributed by atoms with van der Waals surface area (Å²) in [4.78, 5) is 21.9. The highest BCUT2D eigenvalue weighted by Gasteiger charge is 2.13. The highest BCUT2D eigenvalue weighted by molar-refractivity contribution is 5.91. The maximum absolute atomic E-state index is 11.5. The molecule has 0 aliphatic carbocycles. The second kappa shape index (κ2) is 6.00. The van der Waals surface area contributed by atoms with Crippen molar-refractivity contribution < 1.29 is 14.7 Å². The summed E-state index contributed by atoms with van der Waals surface area (Å²) in [6.07, 6.45) is 0.231. The predicted molar refractivity (Wildman–Crippen MR) is 64.7 cm³/mol. The molecule has 1 amide bonds. The van der Waals surface area contributed by atoms with Gasteiger partial charge >= 0.3 is 5.97 Å². The molecule has 92 valence electrons. The molecular formula is C12H16N2O3. The van der Waals surface area contributed by atoms with Gasteiger partial charge in [0.25, 0.3) is 0 Å². The third kappa shape index (κ3) is 4.65. The van der Waals surface area contributed by atoms with Crippen LogP contribution < -0.4 is 11.1 Å². The smallest absolute Gasteiger partial charge is 0.320 e. The lowest BCUT2D eigenvalue weighted by Crippen LogP contribution is -2.31. The highest BCUT2D eigenvalue weighted by Crippen LogP contribution is 2.09. The van der Waals surface area contributed by atoms with Crippen LogP contribution in [-0.2, 0) is 9.59 Å². The highest BCUT2D eigenvalue weighted by atomic mass is 16.4. The molecule has 0 fully saturated rings. The normalized spacial score (nSPS) is 11.9. The molecule has 4 N–H and O–H groups in total. The van der Waals surface area contributed by atoms with Crippen LogP contribution in [0.3, 0.4) is 0 Å². The Balaban J connectivity index is 2.39. The van der Waals surface area contributed by atoms with E-state index in [1.165, 1.54) is 0 Å². The Kier molecular flexibility index (Phi) is 4.66. The molecule has 0 bridgehead atoms. The summed E-state index contributed by atoms with van der Waals surface area (Å²) in [6, 6.07) is 6.38. The lowest BCUT2D eigenvalue weighted by Gasteiger charge is -2.07. The van der Waals surface area contributed by atoms with Crippen molar-refractivity contribution in [2.24, 2.45) is 5.73 Å². The minimum absolute atomic E-state index is 0.0986. The SMILES string of the molecule is Cc1ccc(NC(=O)CC[C@H](N)C(=O)O)cc1. The third-order valence-electron chi connectivity index (χ3n) is 2.33. The molecule has 0 aliphatic rings. The van der Waals surface area contributed by atoms with E-state index in [2.05, 4.69) is 5.32 Å². The van der Waals surface area contributed by atoms with Crippen LogP contribution in [0.15, 0.2) is 24.3 Å². The van der Waals surface area contributed by atoms with E-state index in [0.717, 1.165) is 5.56 Å². The number of nitrogens with two attached hydrogens (primary N) is 1. The van der Waals surface area contributed by atoms with Crippen LogP contribution in [0.5, 0.6) is 0 Å². The van der Waals surface area contributed by atoms with Crippen LogP contribution in [0.4, 0.5) is 5.69 Å². The number of anilines is 1. The minimum atomic E-state index is -1.09. The zero-order valence-corrected chi connectivity index (χ0v) is 9.64. The first-order chi connectivity index (χ1) is 7.99. The van der Waals surface area contributed by atoms with Crippen molar-refractivity contribution in [3.05, 3.63) is 29.8 Å². The van der Waals surface area contributed by atoms with Crippen molar-refractivity contribution in [3.63, 3.8) is 0 Å². The molecule has 0 saturated heterocycles. The molecule has 0 unspecified atom stereocenters. The van der Waals surface area contributed by atoms with Gasteiger partial charge < -0.3 is 16.2 Å². The Morgan fingerprint density at radius 2 is 1.94 bits per heavy atom. The van der Waals surface area contributed by atoms with Gasteiger partial charge in [0.1, 0.15) is 6.04 Å². The summed E-state index contributed by atoms with van der Waals surface area (Å²) in [7, 11) is 0. The maximum Gasteiger partial charge on any atom is 0.320 e. The van der Waals surface area contributed by atoms with E-state index < -0.39 is 12.0 Å². The molecular weight excluding hydrogens is 220 g/mol. The van der Waals surface area contributed by atoms with E-state index in [1.807, 2.05) is 19.1 Å². The Morgan fingerprint density at radius 1 is 1.35 bits per heavy atom. The molecule has 1 aromatic rings. The Bertz CT molecular complexity index is 401. The van der Waals surface area contributed by atoms with Crippen LogP contribution >= 0.6 is 0 Å². The topological polar surface area (TPSA) is 92.4 Å². The number of carbonyl (C=O) groups excluding carboxylic acids is 1. The third-order valence-corrected chi connectivity index (χ3v) is 2.33. The van der Waals surface area contributed by atoms with Gasteiger partial charge in [0, 0.05) is 12.1 Å². The van der Waals surface area contributed by atoms with Crippen molar-refractivity contribution in [2.45, 2.75) is 25.8 Å². The number of carboxylic acid groups (broad SMARTS) is 1. The summed E-state index contributed by atoms with van der Waals surface area (Å²) in [5.41, 5.74) is 7.10. The fourth-order valence-electron chi connectivity index (χ4n) is 1.27. The number of carboxylic acids is 1. The first-order valence-electron chi connectivity index (χ1n) is 5.34. The summed E-state index contributed by atoms with van der Waals surface area (Å²) in [6.45, 7) is 1.96. The fraction of sp³-hybridized carbons (Fsp3) is 0.333. The van der Waals surface area contributed by atoms with Crippen molar-refractivity contribution >= 4 is 17.6 Å². The Labute approximate surface area is 99.6 Å². The van der Waals surface area contributed by atoms with E-state index in [4.69, 9.17) is 10.8 Å². The van der Waals surface area contributed by atoms with Gasteiger partial charge in [-0.2, -0.15) is 0 Å². The molecule has 0 saturated carbocycles. The molecule has 1 aromatic carbocycles. The van der Waals surface area contributed by atoms with Gasteiger partial charge in [-0.05, 0) is 25.5 Å². The van der Waals surface area contributed by atoms with Gasteiger partial charge in [-0.1, -0.05) is 17.7 Å². The number of hydrogen-bond donors (Lipinski definition) is 3. The quantitative estimate of drug-likeness (QED) is 0.714. The average molecular weight is 236 g/mol. The summed E-state index contributed by atoms with van der Waals surface area (Å²) in [5, 5.41) is 11.2. The van der Waals surface area contributed by atoms with Gasteiger partial charge in [0.15, 0.2) is 0 Å². The number of nitrogens with one attached hydrogen (secondary N) is 1. The average Bonchev–Trinajstić information content (AvgIpc) is 2.29. The second-order valence-corrected chi connectivity index (χ2v) is 3.90. The monoisotopic (exact) mass is 236 g/mol. The summed E-state index contributed by atoms with van der Waals surface area (Å²) >= 11 is 0. The molecule has 5 nitrogen and oxygen atoms in total. The first-order valence-corrected chi connectivity index (χ1v) is 5.34. The molecule has 5 heteroatoms. The van der Waals surface area contributed by atoms with Crippen LogP contribution in [0.2, 0.25) is 0 Å². The fourth-order valence-corrected chi connectivity index (χ4v) is 1.27. The van der Waals surface area contributed by atoms with Gasteiger partial charge in [0.2, 0.25) is 5.91 Å². The summed E-state index contributed by atoms with van der Waals surface area (Å²) in [5.74, 6) is -1.32. The molecule has 0 aromatic heterocycles. The Hall–Kier alpha value is -1.88. The van der Waals surface area contributed by atoms with E-state index in [-0.39, 0.29) is 18.7 Å². The van der Waals surface area contributed by atoms with Crippen LogP contribution in [0.1, 0.15) is 18.4 Å². The van der Waals surface area contributed by atoms with E-state index >= 15 is 0 Å². The minimum Gasteiger partial charge on any atom is -0.480 e. The van der Waals surface area contributed by atoms with E-state index in [9.17, 15) is 9.59 Å². The lowest BCUT2D eigenvalue weighted by atomic mass is 10.1. The van der Waals surface area contributed by atoms with Crippen molar-refractivity contribution in [1.29, 1.82) is 0 Å². The zero-order valence-electron chi connectivity index (χ0n) is 9.64. The predicted octanol–water partition coefficient (Wildman–Crippen LogP) is 1.13. The molecule has 0 aliphatic heterocycles.